The zero-order valence-corrected chi connectivity index (χ0v) is 19.6. The van der Waals surface area contributed by atoms with Crippen LogP contribution < -0.4 is 10.1 Å². The minimum Gasteiger partial charge on any atom is -0.474 e. The number of halogens is 1. The van der Waals surface area contributed by atoms with E-state index in [0.717, 1.165) is 49.9 Å². The summed E-state index contributed by atoms with van der Waals surface area (Å²) in [6, 6.07) is 4.08. The van der Waals surface area contributed by atoms with E-state index in [2.05, 4.69) is 28.2 Å². The van der Waals surface area contributed by atoms with Gasteiger partial charge < -0.3 is 19.7 Å². The summed E-state index contributed by atoms with van der Waals surface area (Å²) < 4.78 is 12.3. The number of hydrogen-bond acceptors (Lipinski definition) is 4. The molecule has 3 aliphatic heterocycles. The fourth-order valence-electron chi connectivity index (χ4n) is 5.53. The van der Waals surface area contributed by atoms with E-state index in [1.54, 1.807) is 0 Å². The van der Waals surface area contributed by atoms with E-state index >= 15 is 0 Å². The number of fused-ring (bicyclic) bond motifs is 5. The van der Waals surface area contributed by atoms with Gasteiger partial charge in [-0.15, -0.1) is 24.0 Å². The maximum absolute atomic E-state index is 6.19. The van der Waals surface area contributed by atoms with Gasteiger partial charge in [-0.05, 0) is 51.5 Å². The molecule has 4 fully saturated rings. The van der Waals surface area contributed by atoms with Gasteiger partial charge in [-0.2, -0.15) is 0 Å². The van der Waals surface area contributed by atoms with Gasteiger partial charge in [0, 0.05) is 43.2 Å². The first-order valence-electron chi connectivity index (χ1n) is 11.1. The molecule has 6 nitrogen and oxygen atoms in total. The van der Waals surface area contributed by atoms with E-state index in [0.29, 0.717) is 36.7 Å². The Kier molecular flexibility index (Phi) is 6.83. The molecular formula is C22H33IN4O2. The van der Waals surface area contributed by atoms with Crippen molar-refractivity contribution in [3.63, 3.8) is 0 Å². The minimum atomic E-state index is 0. The van der Waals surface area contributed by atoms with E-state index in [1.165, 1.54) is 25.7 Å². The van der Waals surface area contributed by atoms with Gasteiger partial charge in [-0.3, -0.25) is 0 Å². The van der Waals surface area contributed by atoms with Crippen LogP contribution in [0.4, 0.5) is 0 Å². The lowest BCUT2D eigenvalue weighted by Gasteiger charge is -2.23. The second-order valence-electron chi connectivity index (χ2n) is 8.69. The zero-order chi connectivity index (χ0) is 18.9. The molecule has 1 saturated carbocycles. The third kappa shape index (κ3) is 4.36. The third-order valence-corrected chi connectivity index (χ3v) is 6.92. The van der Waals surface area contributed by atoms with Crippen LogP contribution in [0.5, 0.6) is 5.88 Å². The predicted molar refractivity (Wildman–Crippen MR) is 124 cm³/mol. The van der Waals surface area contributed by atoms with Gasteiger partial charge in [0.25, 0.3) is 0 Å². The molecule has 4 atom stereocenters. The lowest BCUT2D eigenvalue weighted by molar-refractivity contribution is 0.0767. The molecule has 1 aliphatic carbocycles. The largest absolute Gasteiger partial charge is 0.474 e. The zero-order valence-electron chi connectivity index (χ0n) is 17.3. The van der Waals surface area contributed by atoms with E-state index < -0.39 is 0 Å². The minimum absolute atomic E-state index is 0. The molecule has 0 radical (unpaired) electrons. The lowest BCUT2D eigenvalue weighted by Crippen LogP contribution is -2.41. The number of aromatic nitrogens is 1. The Bertz CT molecular complexity index is 707. The third-order valence-electron chi connectivity index (χ3n) is 6.92. The summed E-state index contributed by atoms with van der Waals surface area (Å²) in [5, 5.41) is 3.50. The molecule has 29 heavy (non-hydrogen) atoms. The van der Waals surface area contributed by atoms with Crippen molar-refractivity contribution in [2.24, 2.45) is 16.8 Å². The fourth-order valence-corrected chi connectivity index (χ4v) is 5.53. The van der Waals surface area contributed by atoms with E-state index in [1.807, 2.05) is 12.3 Å². The maximum Gasteiger partial charge on any atom is 0.218 e. The molecule has 2 bridgehead atoms. The summed E-state index contributed by atoms with van der Waals surface area (Å²) in [6.07, 6.45) is 10.4. The van der Waals surface area contributed by atoms with Crippen molar-refractivity contribution in [2.45, 2.75) is 70.3 Å². The predicted octanol–water partition coefficient (Wildman–Crippen LogP) is 3.60. The van der Waals surface area contributed by atoms with E-state index in [9.17, 15) is 0 Å². The van der Waals surface area contributed by atoms with Gasteiger partial charge in [-0.25, -0.2) is 9.98 Å². The van der Waals surface area contributed by atoms with Crippen LogP contribution >= 0.6 is 24.0 Å². The monoisotopic (exact) mass is 512 g/mol. The summed E-state index contributed by atoms with van der Waals surface area (Å²) in [5.74, 6) is 3.15. The highest BCUT2D eigenvalue weighted by atomic mass is 127. The van der Waals surface area contributed by atoms with Crippen LogP contribution in [0, 0.1) is 11.8 Å². The first kappa shape index (κ1) is 21.2. The second-order valence-corrected chi connectivity index (χ2v) is 8.69. The number of guanidine groups is 1. The quantitative estimate of drug-likeness (QED) is 0.371. The molecule has 1 aromatic heterocycles. The maximum atomic E-state index is 6.19. The molecule has 7 heteroatoms. The van der Waals surface area contributed by atoms with Crippen LogP contribution in [0.15, 0.2) is 23.3 Å². The highest BCUT2D eigenvalue weighted by Gasteiger charge is 2.53. The topological polar surface area (TPSA) is 59.0 Å². The molecule has 1 aromatic rings. The highest BCUT2D eigenvalue weighted by molar-refractivity contribution is 14.0. The molecule has 5 rings (SSSR count). The molecule has 4 aliphatic rings. The first-order valence-corrected chi connectivity index (χ1v) is 11.1. The van der Waals surface area contributed by atoms with Gasteiger partial charge in [0.2, 0.25) is 5.88 Å². The molecular weight excluding hydrogens is 479 g/mol. The Morgan fingerprint density at radius 1 is 1.21 bits per heavy atom. The van der Waals surface area contributed by atoms with Gasteiger partial charge in [0.15, 0.2) is 5.96 Å². The van der Waals surface area contributed by atoms with Crippen molar-refractivity contribution in [1.29, 1.82) is 0 Å². The van der Waals surface area contributed by atoms with Crippen LogP contribution in [0.25, 0.3) is 0 Å². The Morgan fingerprint density at radius 3 is 2.62 bits per heavy atom. The molecule has 0 amide bonds. The number of hydrogen-bond donors (Lipinski definition) is 1. The number of nitrogens with zero attached hydrogens (tertiary/aromatic N) is 3. The standard InChI is InChI=1S/C22H32N4O2.HI/c1-2-23-22(26-13-17-18(14-26)20-10-9-19(17)28-20)25-12-15-6-5-11-24-21(15)27-16-7-3-4-8-16;/h5-6,11,16-20H,2-4,7-10,12-14H2,1H3,(H,23,25);1H. The average molecular weight is 512 g/mol. The van der Waals surface area contributed by atoms with Gasteiger partial charge in [-0.1, -0.05) is 6.07 Å². The summed E-state index contributed by atoms with van der Waals surface area (Å²) >= 11 is 0. The fraction of sp³-hybridized carbons (Fsp3) is 0.727. The SMILES string of the molecule is CCNC(=NCc1cccnc1OC1CCCC1)N1CC2C3CCC(O3)C2C1.I. The molecule has 0 aromatic carbocycles. The van der Waals surface area contributed by atoms with Crippen molar-refractivity contribution < 1.29 is 9.47 Å². The second kappa shape index (κ2) is 9.37. The lowest BCUT2D eigenvalue weighted by atomic mass is 9.82. The summed E-state index contributed by atoms with van der Waals surface area (Å²) in [6.45, 7) is 5.75. The van der Waals surface area contributed by atoms with Crippen LogP contribution in [0.3, 0.4) is 0 Å². The molecule has 4 heterocycles. The van der Waals surface area contributed by atoms with Crippen molar-refractivity contribution >= 4 is 29.9 Å². The van der Waals surface area contributed by atoms with Crippen LogP contribution in [-0.4, -0.2) is 53.8 Å². The summed E-state index contributed by atoms with van der Waals surface area (Å²) in [7, 11) is 0. The number of ether oxygens (including phenoxy) is 2. The van der Waals surface area contributed by atoms with Crippen LogP contribution in [0.1, 0.15) is 51.0 Å². The highest BCUT2D eigenvalue weighted by Crippen LogP contribution is 2.47. The smallest absolute Gasteiger partial charge is 0.218 e. The molecule has 3 saturated heterocycles. The van der Waals surface area contributed by atoms with Crippen molar-refractivity contribution in [1.82, 2.24) is 15.2 Å². The Hall–Kier alpha value is -1.09. The van der Waals surface area contributed by atoms with Crippen molar-refractivity contribution in [2.75, 3.05) is 19.6 Å². The molecule has 4 unspecified atom stereocenters. The number of rotatable bonds is 5. The number of likely N-dealkylation sites (tertiary alicyclic amines) is 1. The number of aliphatic imine (C=N–C) groups is 1. The first-order chi connectivity index (χ1) is 13.8. The van der Waals surface area contributed by atoms with Crippen molar-refractivity contribution in [3.05, 3.63) is 23.9 Å². The normalized spacial score (nSPS) is 31.1. The Balaban J connectivity index is 0.00000205. The summed E-state index contributed by atoms with van der Waals surface area (Å²) in [4.78, 5) is 11.9. The van der Waals surface area contributed by atoms with E-state index in [4.69, 9.17) is 14.5 Å². The van der Waals surface area contributed by atoms with Gasteiger partial charge >= 0.3 is 0 Å². The molecule has 1 N–H and O–H groups in total. The number of pyridine rings is 1. The van der Waals surface area contributed by atoms with Crippen molar-refractivity contribution in [3.8, 4) is 5.88 Å². The van der Waals surface area contributed by atoms with Gasteiger partial charge in [0.05, 0.1) is 18.8 Å². The van der Waals surface area contributed by atoms with Gasteiger partial charge in [0.1, 0.15) is 6.10 Å². The van der Waals surface area contributed by atoms with E-state index in [-0.39, 0.29) is 24.0 Å². The Morgan fingerprint density at radius 2 is 1.93 bits per heavy atom. The molecule has 160 valence electrons. The van der Waals surface area contributed by atoms with Crippen LogP contribution in [0.2, 0.25) is 0 Å². The van der Waals surface area contributed by atoms with Crippen LogP contribution in [-0.2, 0) is 11.3 Å². The summed E-state index contributed by atoms with van der Waals surface area (Å²) in [5.41, 5.74) is 1.08. The number of nitrogens with one attached hydrogen (secondary N) is 1. The molecule has 0 spiro atoms. The Labute approximate surface area is 190 Å². The average Bonchev–Trinajstić information content (AvgIpc) is 3.49.